The molecule has 29 heavy (non-hydrogen) atoms. The molecule has 2 N–H and O–H groups in total. The number of halogens is 2. The van der Waals surface area contributed by atoms with E-state index < -0.39 is 0 Å². The number of amides is 1. The number of nitrogens with zero attached hydrogens (tertiary/aromatic N) is 2. The molecule has 0 saturated heterocycles. The van der Waals surface area contributed by atoms with Crippen molar-refractivity contribution in [3.63, 3.8) is 0 Å². The fourth-order valence-corrected chi connectivity index (χ4v) is 3.33. The van der Waals surface area contributed by atoms with Crippen molar-refractivity contribution in [2.24, 2.45) is 4.99 Å². The number of benzene rings is 2. The molecular weight excluding hydrogens is 482 g/mol. The largest absolute Gasteiger partial charge is 0.357 e. The molecule has 0 unspecified atom stereocenters. The molecule has 1 amide bonds. The number of carbonyl (C=O) groups excluding carboxylic acids is 1. The van der Waals surface area contributed by atoms with Crippen molar-refractivity contribution in [1.82, 2.24) is 10.6 Å². The molecule has 0 bridgehead atoms. The van der Waals surface area contributed by atoms with E-state index in [1.807, 2.05) is 36.1 Å². The summed E-state index contributed by atoms with van der Waals surface area (Å²) in [4.78, 5) is 18.9. The Morgan fingerprint density at radius 3 is 2.79 bits per heavy atom. The fourth-order valence-electron chi connectivity index (χ4n) is 3.33. The molecule has 0 radical (unpaired) electrons. The lowest BCUT2D eigenvalue weighted by Gasteiger charge is -2.17. The van der Waals surface area contributed by atoms with Gasteiger partial charge >= 0.3 is 0 Å². The smallest absolute Gasteiger partial charge is 0.227 e. The average molecular weight is 510 g/mol. The Hall–Kier alpha value is -2.16. The van der Waals surface area contributed by atoms with Gasteiger partial charge in [-0.3, -0.25) is 4.79 Å². The van der Waals surface area contributed by atoms with Crippen LogP contribution in [0.4, 0.5) is 10.1 Å². The molecule has 0 aliphatic carbocycles. The SMILES string of the molecule is CCNC(=NCc1cccc(F)c1)NCCCC(=O)N1CCc2ccccc21.I. The van der Waals surface area contributed by atoms with Crippen molar-refractivity contribution in [2.45, 2.75) is 32.7 Å². The van der Waals surface area contributed by atoms with Crippen LogP contribution in [0.25, 0.3) is 0 Å². The van der Waals surface area contributed by atoms with Gasteiger partial charge in [0.05, 0.1) is 6.54 Å². The Balaban J connectivity index is 0.00000300. The second-order valence-electron chi connectivity index (χ2n) is 6.78. The van der Waals surface area contributed by atoms with Crippen LogP contribution in [-0.4, -0.2) is 31.5 Å². The minimum atomic E-state index is -0.257. The Bertz CT molecular complexity index is 843. The first-order chi connectivity index (χ1) is 13.7. The number of hydrogen-bond donors (Lipinski definition) is 2. The van der Waals surface area contributed by atoms with E-state index in [0.29, 0.717) is 25.5 Å². The molecular formula is C22H28FIN4O. The van der Waals surface area contributed by atoms with Crippen LogP contribution in [0.15, 0.2) is 53.5 Å². The van der Waals surface area contributed by atoms with Crippen molar-refractivity contribution in [2.75, 3.05) is 24.5 Å². The van der Waals surface area contributed by atoms with Gasteiger partial charge in [0.1, 0.15) is 5.82 Å². The number of guanidine groups is 1. The van der Waals surface area contributed by atoms with Crippen molar-refractivity contribution in [3.05, 3.63) is 65.5 Å². The average Bonchev–Trinajstić information content (AvgIpc) is 3.13. The molecule has 156 valence electrons. The van der Waals surface area contributed by atoms with Crippen LogP contribution in [0.1, 0.15) is 30.9 Å². The summed E-state index contributed by atoms with van der Waals surface area (Å²) < 4.78 is 13.3. The molecule has 1 aliphatic rings. The van der Waals surface area contributed by atoms with Crippen molar-refractivity contribution < 1.29 is 9.18 Å². The molecule has 2 aromatic rings. The maximum absolute atomic E-state index is 13.3. The second-order valence-corrected chi connectivity index (χ2v) is 6.78. The quantitative estimate of drug-likeness (QED) is 0.258. The fraction of sp³-hybridized carbons (Fsp3) is 0.364. The first-order valence-corrected chi connectivity index (χ1v) is 9.82. The molecule has 3 rings (SSSR count). The van der Waals surface area contributed by atoms with Crippen molar-refractivity contribution in [3.8, 4) is 0 Å². The number of para-hydroxylation sites is 1. The Labute approximate surface area is 188 Å². The van der Waals surface area contributed by atoms with E-state index in [0.717, 1.165) is 37.2 Å². The molecule has 7 heteroatoms. The highest BCUT2D eigenvalue weighted by Gasteiger charge is 2.23. The lowest BCUT2D eigenvalue weighted by molar-refractivity contribution is -0.118. The van der Waals surface area contributed by atoms with Gasteiger partial charge in [-0.05, 0) is 49.1 Å². The van der Waals surface area contributed by atoms with Gasteiger partial charge in [0, 0.05) is 31.7 Å². The zero-order chi connectivity index (χ0) is 19.8. The number of aliphatic imine (C=N–C) groups is 1. The lowest BCUT2D eigenvalue weighted by atomic mass is 10.2. The van der Waals surface area contributed by atoms with Crippen LogP contribution in [0.5, 0.6) is 0 Å². The van der Waals surface area contributed by atoms with E-state index >= 15 is 0 Å². The van der Waals surface area contributed by atoms with Crippen LogP contribution in [-0.2, 0) is 17.8 Å². The van der Waals surface area contributed by atoms with Gasteiger partial charge in [0.2, 0.25) is 5.91 Å². The lowest BCUT2D eigenvalue weighted by Crippen LogP contribution is -2.38. The predicted molar refractivity (Wildman–Crippen MR) is 126 cm³/mol. The summed E-state index contributed by atoms with van der Waals surface area (Å²) in [5, 5.41) is 6.42. The van der Waals surface area contributed by atoms with Gasteiger partial charge in [-0.25, -0.2) is 9.38 Å². The number of anilines is 1. The van der Waals surface area contributed by atoms with Crippen molar-refractivity contribution >= 4 is 41.5 Å². The van der Waals surface area contributed by atoms with Crippen LogP contribution < -0.4 is 15.5 Å². The summed E-state index contributed by atoms with van der Waals surface area (Å²) in [7, 11) is 0. The molecule has 0 atom stereocenters. The van der Waals surface area contributed by atoms with Crippen LogP contribution in [0.2, 0.25) is 0 Å². The third-order valence-electron chi connectivity index (χ3n) is 4.70. The maximum Gasteiger partial charge on any atom is 0.227 e. The third kappa shape index (κ3) is 6.69. The Kier molecular flexibility index (Phi) is 9.37. The van der Waals surface area contributed by atoms with Gasteiger partial charge in [-0.2, -0.15) is 0 Å². The van der Waals surface area contributed by atoms with E-state index in [1.165, 1.54) is 17.7 Å². The Morgan fingerprint density at radius 1 is 1.17 bits per heavy atom. The summed E-state index contributed by atoms with van der Waals surface area (Å²) >= 11 is 0. The molecule has 5 nitrogen and oxygen atoms in total. The van der Waals surface area contributed by atoms with Crippen LogP contribution in [0.3, 0.4) is 0 Å². The second kappa shape index (κ2) is 11.7. The number of hydrogen-bond acceptors (Lipinski definition) is 2. The summed E-state index contributed by atoms with van der Waals surface area (Å²) in [5.41, 5.74) is 3.11. The first kappa shape index (κ1) is 23.1. The van der Waals surface area contributed by atoms with Gasteiger partial charge in [-0.15, -0.1) is 24.0 Å². The van der Waals surface area contributed by atoms with E-state index in [2.05, 4.69) is 21.7 Å². The number of fused-ring (bicyclic) bond motifs is 1. The number of rotatable bonds is 7. The zero-order valence-corrected chi connectivity index (χ0v) is 19.0. The third-order valence-corrected chi connectivity index (χ3v) is 4.70. The van der Waals surface area contributed by atoms with Crippen LogP contribution in [0, 0.1) is 5.82 Å². The normalized spacial score (nSPS) is 12.9. The standard InChI is InChI=1S/C22H27FN4O.HI/c1-2-24-22(26-16-17-7-5-9-19(23)15-17)25-13-6-11-21(28)27-14-12-18-8-3-4-10-20(18)27;/h3-5,7-10,15H,2,6,11-14,16H2,1H3,(H2,24,25,26);1H. The topological polar surface area (TPSA) is 56.7 Å². The minimum Gasteiger partial charge on any atom is -0.357 e. The monoisotopic (exact) mass is 510 g/mol. The van der Waals surface area contributed by atoms with Crippen LogP contribution >= 0.6 is 24.0 Å². The molecule has 0 spiro atoms. The molecule has 2 aromatic carbocycles. The zero-order valence-electron chi connectivity index (χ0n) is 16.7. The highest BCUT2D eigenvalue weighted by molar-refractivity contribution is 14.0. The highest BCUT2D eigenvalue weighted by atomic mass is 127. The van der Waals surface area contributed by atoms with Gasteiger partial charge in [0.15, 0.2) is 5.96 Å². The molecule has 0 saturated carbocycles. The minimum absolute atomic E-state index is 0. The van der Waals surface area contributed by atoms with E-state index in [9.17, 15) is 9.18 Å². The first-order valence-electron chi connectivity index (χ1n) is 9.82. The summed E-state index contributed by atoms with van der Waals surface area (Å²) in [6.45, 7) is 4.54. The summed E-state index contributed by atoms with van der Waals surface area (Å²) in [6.07, 6.45) is 2.14. The summed E-state index contributed by atoms with van der Waals surface area (Å²) in [5.74, 6) is 0.576. The van der Waals surface area contributed by atoms with Crippen molar-refractivity contribution in [1.29, 1.82) is 0 Å². The molecule has 1 aliphatic heterocycles. The maximum atomic E-state index is 13.3. The Morgan fingerprint density at radius 2 is 2.00 bits per heavy atom. The number of carbonyl (C=O) groups is 1. The van der Waals surface area contributed by atoms with E-state index in [-0.39, 0.29) is 35.7 Å². The number of nitrogens with one attached hydrogen (secondary N) is 2. The van der Waals surface area contributed by atoms with Gasteiger partial charge in [-0.1, -0.05) is 30.3 Å². The van der Waals surface area contributed by atoms with Gasteiger partial charge in [0.25, 0.3) is 0 Å². The molecule has 1 heterocycles. The van der Waals surface area contributed by atoms with E-state index in [4.69, 9.17) is 0 Å². The molecule has 0 fully saturated rings. The predicted octanol–water partition coefficient (Wildman–Crippen LogP) is 3.87. The van der Waals surface area contributed by atoms with Gasteiger partial charge < -0.3 is 15.5 Å². The summed E-state index contributed by atoms with van der Waals surface area (Å²) in [6, 6.07) is 14.5. The molecule has 0 aromatic heterocycles. The highest BCUT2D eigenvalue weighted by Crippen LogP contribution is 2.27. The van der Waals surface area contributed by atoms with E-state index in [1.54, 1.807) is 6.07 Å².